The second-order valence-corrected chi connectivity index (χ2v) is 6.03. The van der Waals surface area contributed by atoms with Crippen LogP contribution in [-0.2, 0) is 4.79 Å². The first kappa shape index (κ1) is 15.7. The summed E-state index contributed by atoms with van der Waals surface area (Å²) in [5.41, 5.74) is -0.0200. The van der Waals surface area contributed by atoms with E-state index in [-0.39, 0.29) is 18.3 Å². The van der Waals surface area contributed by atoms with Gasteiger partial charge in [0.15, 0.2) is 0 Å². The molecule has 4 heteroatoms. The van der Waals surface area contributed by atoms with Gasteiger partial charge in [0.2, 0.25) is 5.91 Å². The summed E-state index contributed by atoms with van der Waals surface area (Å²) in [5, 5.41) is 13.2. The van der Waals surface area contributed by atoms with Gasteiger partial charge in [-0.1, -0.05) is 31.9 Å². The number of hydrogen-bond donors (Lipinski definition) is 2. The predicted molar refractivity (Wildman–Crippen MR) is 81.0 cm³/mol. The van der Waals surface area contributed by atoms with E-state index in [4.69, 9.17) is 0 Å². The quantitative estimate of drug-likeness (QED) is 0.838. The molecule has 0 aromatic heterocycles. The summed E-state index contributed by atoms with van der Waals surface area (Å²) >= 11 is 0. The number of benzene rings is 1. The lowest BCUT2D eigenvalue weighted by molar-refractivity contribution is -0.118. The predicted octanol–water partition coefficient (Wildman–Crippen LogP) is 2.90. The SMILES string of the molecule is CC1CCCC(O)(CNC(=O)C=Cc2ccc(F)cc2)C1. The molecule has 3 nitrogen and oxygen atoms in total. The highest BCUT2D eigenvalue weighted by Crippen LogP contribution is 2.31. The first-order chi connectivity index (χ1) is 9.97. The highest BCUT2D eigenvalue weighted by Gasteiger charge is 2.32. The zero-order valence-corrected chi connectivity index (χ0v) is 12.3. The number of rotatable bonds is 4. The first-order valence-electron chi connectivity index (χ1n) is 7.41. The molecule has 0 aliphatic heterocycles. The molecule has 2 N–H and O–H groups in total. The minimum atomic E-state index is -0.781. The lowest BCUT2D eigenvalue weighted by Crippen LogP contribution is -2.45. The second-order valence-electron chi connectivity index (χ2n) is 6.03. The third kappa shape index (κ3) is 4.97. The number of amides is 1. The van der Waals surface area contributed by atoms with Gasteiger partial charge in [0, 0.05) is 12.6 Å². The van der Waals surface area contributed by atoms with Crippen LogP contribution < -0.4 is 5.32 Å². The molecule has 1 aliphatic rings. The Morgan fingerprint density at radius 3 is 2.86 bits per heavy atom. The summed E-state index contributed by atoms with van der Waals surface area (Å²) in [6.45, 7) is 2.41. The summed E-state index contributed by atoms with van der Waals surface area (Å²) in [6.07, 6.45) is 6.64. The number of hydrogen-bond acceptors (Lipinski definition) is 2. The van der Waals surface area contributed by atoms with Gasteiger partial charge < -0.3 is 10.4 Å². The Morgan fingerprint density at radius 2 is 2.19 bits per heavy atom. The fourth-order valence-corrected chi connectivity index (χ4v) is 2.85. The smallest absolute Gasteiger partial charge is 0.244 e. The number of aliphatic hydroxyl groups is 1. The lowest BCUT2D eigenvalue weighted by atomic mass is 9.79. The summed E-state index contributed by atoms with van der Waals surface area (Å²) in [6, 6.07) is 5.92. The molecule has 1 aliphatic carbocycles. The first-order valence-corrected chi connectivity index (χ1v) is 7.41. The summed E-state index contributed by atoms with van der Waals surface area (Å²) in [7, 11) is 0. The average Bonchev–Trinajstić information content (AvgIpc) is 2.44. The van der Waals surface area contributed by atoms with Crippen molar-refractivity contribution in [2.45, 2.75) is 38.2 Å². The standard InChI is InChI=1S/C17H22FNO2/c1-13-3-2-10-17(21,11-13)12-19-16(20)9-6-14-4-7-15(18)8-5-14/h4-9,13,21H,2-3,10-12H2,1H3,(H,19,20). The van der Waals surface area contributed by atoms with Crippen LogP contribution in [0.25, 0.3) is 6.08 Å². The van der Waals surface area contributed by atoms with Gasteiger partial charge in [0.1, 0.15) is 5.82 Å². The van der Waals surface area contributed by atoms with Crippen molar-refractivity contribution in [3.63, 3.8) is 0 Å². The molecule has 0 radical (unpaired) electrons. The van der Waals surface area contributed by atoms with Crippen LogP contribution in [0.15, 0.2) is 30.3 Å². The minimum Gasteiger partial charge on any atom is -0.388 e. The fraction of sp³-hybridized carbons (Fsp3) is 0.471. The van der Waals surface area contributed by atoms with Crippen molar-refractivity contribution in [3.05, 3.63) is 41.7 Å². The molecule has 1 amide bonds. The van der Waals surface area contributed by atoms with Crippen molar-refractivity contribution in [1.82, 2.24) is 5.32 Å². The van der Waals surface area contributed by atoms with Crippen LogP contribution in [0.1, 0.15) is 38.2 Å². The van der Waals surface area contributed by atoms with Crippen LogP contribution in [0.2, 0.25) is 0 Å². The van der Waals surface area contributed by atoms with Gasteiger partial charge in [-0.3, -0.25) is 4.79 Å². The van der Waals surface area contributed by atoms with Crippen molar-refractivity contribution < 1.29 is 14.3 Å². The molecule has 2 unspecified atom stereocenters. The Morgan fingerprint density at radius 1 is 1.48 bits per heavy atom. The molecule has 1 aromatic carbocycles. The average molecular weight is 291 g/mol. The number of carbonyl (C=O) groups excluding carboxylic acids is 1. The zero-order chi connectivity index (χ0) is 15.3. The second kappa shape index (κ2) is 6.85. The van der Waals surface area contributed by atoms with E-state index in [0.29, 0.717) is 5.92 Å². The molecule has 0 bridgehead atoms. The Balaban J connectivity index is 1.83. The van der Waals surface area contributed by atoms with Crippen LogP contribution in [0, 0.1) is 11.7 Å². The van der Waals surface area contributed by atoms with Crippen LogP contribution in [-0.4, -0.2) is 23.2 Å². The maximum Gasteiger partial charge on any atom is 0.244 e. The zero-order valence-electron chi connectivity index (χ0n) is 12.3. The van der Waals surface area contributed by atoms with Gasteiger partial charge in [-0.25, -0.2) is 4.39 Å². The van der Waals surface area contributed by atoms with E-state index in [2.05, 4.69) is 12.2 Å². The molecule has 1 saturated carbocycles. The highest BCUT2D eigenvalue weighted by molar-refractivity contribution is 5.91. The van der Waals surface area contributed by atoms with Gasteiger partial charge in [0.05, 0.1) is 5.60 Å². The van der Waals surface area contributed by atoms with E-state index >= 15 is 0 Å². The third-order valence-electron chi connectivity index (χ3n) is 3.96. The lowest BCUT2D eigenvalue weighted by Gasteiger charge is -2.35. The molecule has 21 heavy (non-hydrogen) atoms. The third-order valence-corrected chi connectivity index (χ3v) is 3.96. The van der Waals surface area contributed by atoms with Gasteiger partial charge in [0.25, 0.3) is 0 Å². The molecule has 2 atom stereocenters. The fourth-order valence-electron chi connectivity index (χ4n) is 2.85. The van der Waals surface area contributed by atoms with E-state index < -0.39 is 5.60 Å². The molecule has 1 aromatic rings. The maximum absolute atomic E-state index is 12.8. The summed E-state index contributed by atoms with van der Waals surface area (Å²) < 4.78 is 12.8. The van der Waals surface area contributed by atoms with Crippen LogP contribution >= 0.6 is 0 Å². The van der Waals surface area contributed by atoms with E-state index in [0.717, 1.165) is 31.2 Å². The van der Waals surface area contributed by atoms with Crippen molar-refractivity contribution >= 4 is 12.0 Å². The monoisotopic (exact) mass is 291 g/mol. The molecular weight excluding hydrogens is 269 g/mol. The Hall–Kier alpha value is -1.68. The maximum atomic E-state index is 12.8. The summed E-state index contributed by atoms with van der Waals surface area (Å²) in [4.78, 5) is 11.8. The molecule has 114 valence electrons. The van der Waals surface area contributed by atoms with Crippen molar-refractivity contribution in [2.24, 2.45) is 5.92 Å². The van der Waals surface area contributed by atoms with Crippen LogP contribution in [0.3, 0.4) is 0 Å². The molecule has 0 heterocycles. The highest BCUT2D eigenvalue weighted by atomic mass is 19.1. The number of nitrogens with one attached hydrogen (secondary N) is 1. The molecular formula is C17H22FNO2. The molecule has 1 fully saturated rings. The van der Waals surface area contributed by atoms with E-state index in [1.807, 2.05) is 0 Å². The Kier molecular flexibility index (Phi) is 5.12. The Labute approximate surface area is 124 Å². The number of carbonyl (C=O) groups is 1. The van der Waals surface area contributed by atoms with Gasteiger partial charge in [-0.05, 0) is 42.5 Å². The van der Waals surface area contributed by atoms with Crippen molar-refractivity contribution in [2.75, 3.05) is 6.54 Å². The van der Waals surface area contributed by atoms with Gasteiger partial charge >= 0.3 is 0 Å². The minimum absolute atomic E-state index is 0.244. The molecule has 0 saturated heterocycles. The van der Waals surface area contributed by atoms with E-state index in [9.17, 15) is 14.3 Å². The number of halogens is 1. The molecule has 2 rings (SSSR count). The largest absolute Gasteiger partial charge is 0.388 e. The van der Waals surface area contributed by atoms with Gasteiger partial charge in [-0.2, -0.15) is 0 Å². The molecule has 0 spiro atoms. The van der Waals surface area contributed by atoms with E-state index in [1.165, 1.54) is 18.2 Å². The van der Waals surface area contributed by atoms with Crippen molar-refractivity contribution in [3.8, 4) is 0 Å². The van der Waals surface area contributed by atoms with E-state index in [1.54, 1.807) is 18.2 Å². The Bertz CT molecular complexity index is 512. The van der Waals surface area contributed by atoms with Crippen LogP contribution in [0.5, 0.6) is 0 Å². The van der Waals surface area contributed by atoms with Crippen LogP contribution in [0.4, 0.5) is 4.39 Å². The normalized spacial score (nSPS) is 26.0. The summed E-state index contributed by atoms with van der Waals surface area (Å²) in [5.74, 6) is -0.0494. The topological polar surface area (TPSA) is 49.3 Å². The van der Waals surface area contributed by atoms with Crippen molar-refractivity contribution in [1.29, 1.82) is 0 Å². The van der Waals surface area contributed by atoms with Gasteiger partial charge in [-0.15, -0.1) is 0 Å².